The number of anilines is 2. The number of benzene rings is 1. The molecular formula is C21H19F2N3O3S. The lowest BCUT2D eigenvalue weighted by atomic mass is 9.96. The Kier molecular flexibility index (Phi) is 5.95. The van der Waals surface area contributed by atoms with Crippen molar-refractivity contribution in [3.63, 3.8) is 0 Å². The first-order valence-electron chi connectivity index (χ1n) is 8.92. The number of nitrogens with one attached hydrogen (secondary N) is 1. The maximum absolute atomic E-state index is 14.7. The molecule has 2 aromatic heterocycles. The lowest BCUT2D eigenvalue weighted by Crippen LogP contribution is -2.16. The molecule has 0 saturated heterocycles. The van der Waals surface area contributed by atoms with Gasteiger partial charge in [0.1, 0.15) is 28.7 Å². The number of pyridine rings is 1. The maximum atomic E-state index is 14.7. The number of amides is 1. The molecule has 156 valence electrons. The molecule has 1 aromatic carbocycles. The molecule has 0 aliphatic rings. The Hall–Kier alpha value is -3.17. The van der Waals surface area contributed by atoms with Crippen LogP contribution in [0, 0.1) is 11.6 Å². The summed E-state index contributed by atoms with van der Waals surface area (Å²) in [7, 11) is 0. The highest BCUT2D eigenvalue weighted by atomic mass is 32.1. The number of primary amides is 1. The molecule has 0 aliphatic heterocycles. The number of aromatic nitrogens is 1. The largest absolute Gasteiger partial charge is 0.386 e. The van der Waals surface area contributed by atoms with Gasteiger partial charge in [-0.05, 0) is 49.7 Å². The quantitative estimate of drug-likeness (QED) is 0.492. The summed E-state index contributed by atoms with van der Waals surface area (Å²) in [5, 5.41) is 13.2. The summed E-state index contributed by atoms with van der Waals surface area (Å²) in [5.41, 5.74) is 4.34. The van der Waals surface area contributed by atoms with Crippen molar-refractivity contribution in [1.82, 2.24) is 4.98 Å². The summed E-state index contributed by atoms with van der Waals surface area (Å²) in [6, 6.07) is 8.39. The molecule has 0 atom stereocenters. The van der Waals surface area contributed by atoms with Gasteiger partial charge in [-0.2, -0.15) is 0 Å². The lowest BCUT2D eigenvalue weighted by molar-refractivity contribution is -0.107. The smallest absolute Gasteiger partial charge is 0.251 e. The molecule has 3 aromatic rings. The van der Waals surface area contributed by atoms with Crippen molar-refractivity contribution in [3.8, 4) is 10.4 Å². The van der Waals surface area contributed by atoms with E-state index in [-0.39, 0.29) is 33.0 Å². The van der Waals surface area contributed by atoms with E-state index in [0.717, 1.165) is 23.5 Å². The van der Waals surface area contributed by atoms with Gasteiger partial charge in [-0.15, -0.1) is 11.3 Å². The number of carbonyl (C=O) groups is 2. The third-order valence-corrected chi connectivity index (χ3v) is 5.40. The summed E-state index contributed by atoms with van der Waals surface area (Å²) < 4.78 is 29.4. The number of rotatable bonds is 7. The van der Waals surface area contributed by atoms with Gasteiger partial charge in [-0.25, -0.2) is 13.8 Å². The first kappa shape index (κ1) is 21.5. The highest BCUT2D eigenvalue weighted by Gasteiger charge is 2.24. The molecule has 0 saturated carbocycles. The Bertz CT molecular complexity index is 1100. The number of hydrogen-bond donors (Lipinski definition) is 3. The number of thiophene rings is 1. The van der Waals surface area contributed by atoms with Crippen LogP contribution >= 0.6 is 11.3 Å². The second-order valence-corrected chi connectivity index (χ2v) is 8.15. The normalized spacial score (nSPS) is 11.4. The van der Waals surface area contributed by atoms with E-state index in [1.807, 2.05) is 0 Å². The number of hydrogen-bond acceptors (Lipinski definition) is 6. The van der Waals surface area contributed by atoms with Gasteiger partial charge < -0.3 is 21.0 Å². The molecule has 0 aliphatic carbocycles. The van der Waals surface area contributed by atoms with Crippen LogP contribution in [0.4, 0.5) is 19.6 Å². The summed E-state index contributed by atoms with van der Waals surface area (Å²) in [6.07, 6.45) is 0.838. The van der Waals surface area contributed by atoms with Gasteiger partial charge in [-0.3, -0.25) is 4.79 Å². The van der Waals surface area contributed by atoms with Crippen LogP contribution in [0.1, 0.15) is 35.5 Å². The average Bonchev–Trinajstić information content (AvgIpc) is 3.04. The van der Waals surface area contributed by atoms with Crippen molar-refractivity contribution < 1.29 is 23.5 Å². The van der Waals surface area contributed by atoms with Crippen LogP contribution in [-0.2, 0) is 16.8 Å². The Morgan fingerprint density at radius 1 is 1.27 bits per heavy atom. The van der Waals surface area contributed by atoms with Gasteiger partial charge in [0, 0.05) is 17.0 Å². The minimum absolute atomic E-state index is 0.0444. The Labute approximate surface area is 175 Å². The van der Waals surface area contributed by atoms with E-state index in [1.165, 1.54) is 19.9 Å². The molecule has 1 amide bonds. The van der Waals surface area contributed by atoms with E-state index in [2.05, 4.69) is 10.3 Å². The van der Waals surface area contributed by atoms with E-state index < -0.39 is 23.1 Å². The zero-order valence-corrected chi connectivity index (χ0v) is 17.0. The number of nitrogens with zero attached hydrogens (tertiary/aromatic N) is 1. The Balaban J connectivity index is 2.04. The Morgan fingerprint density at radius 3 is 2.50 bits per heavy atom. The van der Waals surface area contributed by atoms with Crippen LogP contribution in [0.15, 0.2) is 36.4 Å². The number of aldehydes is 1. The van der Waals surface area contributed by atoms with Gasteiger partial charge in [0.2, 0.25) is 0 Å². The number of aliphatic hydroxyl groups is 1. The number of halogens is 2. The van der Waals surface area contributed by atoms with Crippen molar-refractivity contribution in [2.45, 2.75) is 25.9 Å². The van der Waals surface area contributed by atoms with E-state index in [0.29, 0.717) is 17.8 Å². The SMILES string of the molecule is CC(C)(O)c1cc(F)c(-c2cc(C(N)=O)c(Nc3cccc(CC=O)n3)s2)c(F)c1. The van der Waals surface area contributed by atoms with Crippen LogP contribution in [0.5, 0.6) is 0 Å². The lowest BCUT2D eigenvalue weighted by Gasteiger charge is -2.18. The Morgan fingerprint density at radius 2 is 1.93 bits per heavy atom. The minimum Gasteiger partial charge on any atom is -0.386 e. The third-order valence-electron chi connectivity index (χ3n) is 4.33. The highest BCUT2D eigenvalue weighted by molar-refractivity contribution is 7.20. The fourth-order valence-corrected chi connectivity index (χ4v) is 3.94. The molecule has 0 radical (unpaired) electrons. The monoisotopic (exact) mass is 431 g/mol. The molecule has 0 spiro atoms. The molecule has 3 rings (SSSR count). The number of carbonyl (C=O) groups excluding carboxylic acids is 2. The average molecular weight is 431 g/mol. The van der Waals surface area contributed by atoms with Gasteiger partial charge in [0.05, 0.1) is 16.7 Å². The van der Waals surface area contributed by atoms with Crippen molar-refractivity contribution in [1.29, 1.82) is 0 Å². The standard InChI is InChI=1S/C21H19F2N3O3S/c1-21(2,29)11-8-14(22)18(15(23)9-11)16-10-13(19(24)28)20(30-16)26-17-5-3-4-12(25-17)6-7-27/h3-5,7-10,29H,6H2,1-2H3,(H2,24,28)(H,25,26). The van der Waals surface area contributed by atoms with E-state index in [4.69, 9.17) is 5.73 Å². The highest BCUT2D eigenvalue weighted by Crippen LogP contribution is 2.40. The molecule has 2 heterocycles. The fraction of sp³-hybridized carbons (Fsp3) is 0.190. The predicted octanol–water partition coefficient (Wildman–Crippen LogP) is 3.90. The van der Waals surface area contributed by atoms with Crippen LogP contribution in [0.25, 0.3) is 10.4 Å². The molecule has 9 heteroatoms. The summed E-state index contributed by atoms with van der Waals surface area (Å²) in [5.74, 6) is -2.18. The second kappa shape index (κ2) is 8.29. The zero-order chi connectivity index (χ0) is 22.1. The summed E-state index contributed by atoms with van der Waals surface area (Å²) in [4.78, 5) is 27.0. The van der Waals surface area contributed by atoms with Crippen LogP contribution in [0.3, 0.4) is 0 Å². The predicted molar refractivity (Wildman–Crippen MR) is 111 cm³/mol. The van der Waals surface area contributed by atoms with Crippen molar-refractivity contribution in [2.24, 2.45) is 5.73 Å². The van der Waals surface area contributed by atoms with Crippen molar-refractivity contribution in [2.75, 3.05) is 5.32 Å². The third kappa shape index (κ3) is 4.52. The minimum atomic E-state index is -1.42. The van der Waals surface area contributed by atoms with Gasteiger partial charge in [0.25, 0.3) is 5.91 Å². The van der Waals surface area contributed by atoms with Gasteiger partial charge >= 0.3 is 0 Å². The fourth-order valence-electron chi connectivity index (χ4n) is 2.82. The topological polar surface area (TPSA) is 105 Å². The zero-order valence-electron chi connectivity index (χ0n) is 16.2. The summed E-state index contributed by atoms with van der Waals surface area (Å²) in [6.45, 7) is 2.84. The van der Waals surface area contributed by atoms with E-state index in [1.54, 1.807) is 18.2 Å². The van der Waals surface area contributed by atoms with Crippen LogP contribution in [-0.4, -0.2) is 22.3 Å². The number of nitrogens with two attached hydrogens (primary N) is 1. The molecular weight excluding hydrogens is 412 g/mol. The molecule has 4 N–H and O–H groups in total. The van der Waals surface area contributed by atoms with Crippen LogP contribution in [0.2, 0.25) is 0 Å². The van der Waals surface area contributed by atoms with Gasteiger partial charge in [0.15, 0.2) is 0 Å². The molecule has 6 nitrogen and oxygen atoms in total. The van der Waals surface area contributed by atoms with E-state index in [9.17, 15) is 23.5 Å². The van der Waals surface area contributed by atoms with Gasteiger partial charge in [-0.1, -0.05) is 6.07 Å². The van der Waals surface area contributed by atoms with Crippen molar-refractivity contribution in [3.05, 3.63) is 64.9 Å². The molecule has 0 bridgehead atoms. The first-order chi connectivity index (χ1) is 14.1. The second-order valence-electron chi connectivity index (χ2n) is 7.10. The summed E-state index contributed by atoms with van der Waals surface area (Å²) >= 11 is 0.933. The van der Waals surface area contributed by atoms with Crippen LogP contribution < -0.4 is 11.1 Å². The van der Waals surface area contributed by atoms with Crippen molar-refractivity contribution >= 4 is 34.3 Å². The maximum Gasteiger partial charge on any atom is 0.251 e. The molecule has 0 unspecified atom stereocenters. The molecule has 0 fully saturated rings. The first-order valence-corrected chi connectivity index (χ1v) is 9.74. The van der Waals surface area contributed by atoms with E-state index >= 15 is 0 Å². The molecule has 30 heavy (non-hydrogen) atoms.